The highest BCUT2D eigenvalue weighted by atomic mass is 35.5. The second-order valence-electron chi connectivity index (χ2n) is 4.00. The number of benzene rings is 2. The lowest BCUT2D eigenvalue weighted by Crippen LogP contribution is -2.00. The van der Waals surface area contributed by atoms with E-state index in [1.807, 2.05) is 0 Å². The number of carbonyl (C=O) groups is 1. The molecule has 0 unspecified atom stereocenters. The highest BCUT2D eigenvalue weighted by molar-refractivity contribution is 6.49. The zero-order valence-corrected chi connectivity index (χ0v) is 13.1. The van der Waals surface area contributed by atoms with Crippen LogP contribution in [0.15, 0.2) is 47.5 Å². The predicted octanol–water partition coefficient (Wildman–Crippen LogP) is 6.11. The topological polar surface area (TPSA) is 17.1 Å². The summed E-state index contributed by atoms with van der Waals surface area (Å²) in [7, 11) is 0. The highest BCUT2D eigenvalue weighted by Gasteiger charge is 2.14. The number of hydrogen-bond donors (Lipinski definition) is 0. The molecular formula is C15H8Cl4O. The fourth-order valence-corrected chi connectivity index (χ4v) is 2.30. The Morgan fingerprint density at radius 3 is 2.15 bits per heavy atom. The number of rotatable bonds is 3. The normalized spacial score (nSPS) is 11.5. The molecule has 0 spiro atoms. The quantitative estimate of drug-likeness (QED) is 0.484. The molecule has 0 bridgehead atoms. The van der Waals surface area contributed by atoms with Gasteiger partial charge in [-0.3, -0.25) is 4.79 Å². The van der Waals surface area contributed by atoms with Crippen LogP contribution >= 0.6 is 46.4 Å². The van der Waals surface area contributed by atoms with Gasteiger partial charge in [-0.15, -0.1) is 0 Å². The van der Waals surface area contributed by atoms with E-state index >= 15 is 0 Å². The van der Waals surface area contributed by atoms with Gasteiger partial charge < -0.3 is 0 Å². The van der Waals surface area contributed by atoms with E-state index in [0.29, 0.717) is 15.1 Å². The molecule has 0 aromatic heterocycles. The van der Waals surface area contributed by atoms with Crippen molar-refractivity contribution in [3.63, 3.8) is 0 Å². The van der Waals surface area contributed by atoms with Gasteiger partial charge >= 0.3 is 0 Å². The van der Waals surface area contributed by atoms with Gasteiger partial charge in [-0.1, -0.05) is 58.5 Å². The van der Waals surface area contributed by atoms with Crippen molar-refractivity contribution in [1.82, 2.24) is 0 Å². The average molecular weight is 346 g/mol. The molecule has 102 valence electrons. The fraction of sp³-hybridized carbons (Fsp3) is 0. The van der Waals surface area contributed by atoms with Crippen molar-refractivity contribution in [2.75, 3.05) is 0 Å². The Morgan fingerprint density at radius 1 is 0.900 bits per heavy atom. The van der Waals surface area contributed by atoms with Crippen molar-refractivity contribution in [2.24, 2.45) is 0 Å². The summed E-state index contributed by atoms with van der Waals surface area (Å²) in [5, 5.41) is 1.40. The molecule has 0 aliphatic heterocycles. The van der Waals surface area contributed by atoms with Gasteiger partial charge in [0.15, 0.2) is 0 Å². The van der Waals surface area contributed by atoms with Crippen molar-refractivity contribution in [3.05, 3.63) is 73.7 Å². The summed E-state index contributed by atoms with van der Waals surface area (Å²) in [6, 6.07) is 11.6. The van der Waals surface area contributed by atoms with Gasteiger partial charge in [0.05, 0.1) is 10.1 Å². The van der Waals surface area contributed by atoms with Gasteiger partial charge in [0.25, 0.3) is 0 Å². The van der Waals surface area contributed by atoms with E-state index in [4.69, 9.17) is 46.4 Å². The number of Topliss-reactive ketones (excluding diaryl/α,β-unsaturated/α-hetero) is 1. The van der Waals surface area contributed by atoms with Gasteiger partial charge in [0.2, 0.25) is 5.78 Å². The Balaban J connectivity index is 2.32. The monoisotopic (exact) mass is 344 g/mol. The molecule has 0 aliphatic carbocycles. The Labute approximate surface area is 136 Å². The highest BCUT2D eigenvalue weighted by Crippen LogP contribution is 2.25. The molecule has 0 saturated carbocycles. The van der Waals surface area contributed by atoms with Crippen molar-refractivity contribution >= 4 is 58.3 Å². The Morgan fingerprint density at radius 2 is 1.50 bits per heavy atom. The second-order valence-corrected chi connectivity index (χ2v) is 5.68. The molecule has 2 aromatic rings. The number of halogens is 4. The molecule has 0 fully saturated rings. The van der Waals surface area contributed by atoms with E-state index in [1.165, 1.54) is 6.07 Å². The van der Waals surface area contributed by atoms with Crippen LogP contribution in [-0.4, -0.2) is 5.78 Å². The SMILES string of the molecule is O=C(/C(Cl)=C/c1ccc(Cl)cc1)c1cc(Cl)ccc1Cl. The van der Waals surface area contributed by atoms with Crippen LogP contribution in [0.2, 0.25) is 15.1 Å². The minimum Gasteiger partial charge on any atom is -0.288 e. The van der Waals surface area contributed by atoms with Crippen molar-refractivity contribution in [1.29, 1.82) is 0 Å². The predicted molar refractivity (Wildman–Crippen MR) is 86.1 cm³/mol. The zero-order chi connectivity index (χ0) is 14.7. The van der Waals surface area contributed by atoms with E-state index in [9.17, 15) is 4.79 Å². The third kappa shape index (κ3) is 3.77. The van der Waals surface area contributed by atoms with Crippen molar-refractivity contribution in [2.45, 2.75) is 0 Å². The van der Waals surface area contributed by atoms with E-state index in [2.05, 4.69) is 0 Å². The van der Waals surface area contributed by atoms with Gasteiger partial charge in [-0.25, -0.2) is 0 Å². The summed E-state index contributed by atoms with van der Waals surface area (Å²) < 4.78 is 0. The van der Waals surface area contributed by atoms with Crippen LogP contribution in [0.3, 0.4) is 0 Å². The van der Waals surface area contributed by atoms with Gasteiger partial charge in [0, 0.05) is 15.6 Å². The number of hydrogen-bond acceptors (Lipinski definition) is 1. The molecule has 5 heteroatoms. The summed E-state index contributed by atoms with van der Waals surface area (Å²) in [4.78, 5) is 12.2. The number of allylic oxidation sites excluding steroid dienone is 1. The average Bonchev–Trinajstić information content (AvgIpc) is 2.43. The van der Waals surface area contributed by atoms with E-state index in [-0.39, 0.29) is 16.4 Å². The van der Waals surface area contributed by atoms with Gasteiger partial charge in [-0.2, -0.15) is 0 Å². The van der Waals surface area contributed by atoms with Gasteiger partial charge in [0.1, 0.15) is 0 Å². The smallest absolute Gasteiger partial charge is 0.205 e. The van der Waals surface area contributed by atoms with E-state index in [1.54, 1.807) is 42.5 Å². The lowest BCUT2D eigenvalue weighted by atomic mass is 10.1. The maximum atomic E-state index is 12.2. The molecular weight excluding hydrogens is 338 g/mol. The molecule has 0 saturated heterocycles. The maximum absolute atomic E-state index is 12.2. The third-order valence-electron chi connectivity index (χ3n) is 2.55. The molecule has 20 heavy (non-hydrogen) atoms. The number of carbonyl (C=O) groups excluding carboxylic acids is 1. The Hall–Kier alpha value is -0.990. The summed E-state index contributed by atoms with van der Waals surface area (Å²) in [5.41, 5.74) is 1.04. The first-order chi connectivity index (χ1) is 9.47. The first-order valence-electron chi connectivity index (χ1n) is 5.60. The molecule has 1 nitrogen and oxygen atoms in total. The lowest BCUT2D eigenvalue weighted by molar-refractivity contribution is 0.104. The Kier molecular flexibility index (Phi) is 5.11. The van der Waals surface area contributed by atoms with Crippen LogP contribution < -0.4 is 0 Å². The fourth-order valence-electron chi connectivity index (χ4n) is 1.57. The number of ketones is 1. The zero-order valence-electron chi connectivity index (χ0n) is 10.0. The summed E-state index contributed by atoms with van der Waals surface area (Å²) in [5.74, 6) is -0.380. The molecule has 0 aliphatic rings. The molecule has 2 rings (SSSR count). The first-order valence-corrected chi connectivity index (χ1v) is 7.11. The van der Waals surface area contributed by atoms with Crippen LogP contribution in [0, 0.1) is 0 Å². The van der Waals surface area contributed by atoms with E-state index < -0.39 is 0 Å². The third-order valence-corrected chi connectivity index (χ3v) is 3.65. The Bertz CT molecular complexity index is 675. The molecule has 0 radical (unpaired) electrons. The minimum absolute atomic E-state index is 0.0523. The molecule has 0 heterocycles. The van der Waals surface area contributed by atoms with Crippen LogP contribution in [-0.2, 0) is 0 Å². The van der Waals surface area contributed by atoms with Crippen molar-refractivity contribution < 1.29 is 4.79 Å². The van der Waals surface area contributed by atoms with Crippen LogP contribution in [0.1, 0.15) is 15.9 Å². The first kappa shape index (κ1) is 15.4. The van der Waals surface area contributed by atoms with Crippen LogP contribution in [0.4, 0.5) is 0 Å². The van der Waals surface area contributed by atoms with Crippen LogP contribution in [0.25, 0.3) is 6.08 Å². The lowest BCUT2D eigenvalue weighted by Gasteiger charge is -2.03. The van der Waals surface area contributed by atoms with E-state index in [0.717, 1.165) is 5.56 Å². The molecule has 0 N–H and O–H groups in total. The molecule has 2 aromatic carbocycles. The summed E-state index contributed by atoms with van der Waals surface area (Å²) in [6.45, 7) is 0. The van der Waals surface area contributed by atoms with Crippen molar-refractivity contribution in [3.8, 4) is 0 Å². The largest absolute Gasteiger partial charge is 0.288 e. The van der Waals surface area contributed by atoms with Gasteiger partial charge in [-0.05, 0) is 42.0 Å². The molecule has 0 amide bonds. The standard InChI is InChI=1S/C15H8Cl4O/c16-10-3-1-9(2-4-10)7-14(19)15(20)12-8-11(17)5-6-13(12)18/h1-8H/b14-7-. The second kappa shape index (κ2) is 6.64. The summed E-state index contributed by atoms with van der Waals surface area (Å²) in [6.07, 6.45) is 1.55. The van der Waals surface area contributed by atoms with Crippen LogP contribution in [0.5, 0.6) is 0 Å². The maximum Gasteiger partial charge on any atom is 0.205 e. The molecule has 0 atom stereocenters. The summed E-state index contributed by atoms with van der Waals surface area (Å²) >= 11 is 23.7. The minimum atomic E-state index is -0.380.